The van der Waals surface area contributed by atoms with Gasteiger partial charge in [0.15, 0.2) is 0 Å². The zero-order valence-electron chi connectivity index (χ0n) is 15.0. The second-order valence-electron chi connectivity index (χ2n) is 6.47. The molecular formula is C18H17Cl3FN3O3S. The number of benzene rings is 2. The fraction of sp³-hybridized carbons (Fsp3) is 0.278. The zero-order valence-corrected chi connectivity index (χ0v) is 18.0. The summed E-state index contributed by atoms with van der Waals surface area (Å²) in [6.07, 6.45) is 0.590. The van der Waals surface area contributed by atoms with Crippen molar-refractivity contribution in [3.05, 3.63) is 57.3 Å². The van der Waals surface area contributed by atoms with Crippen LogP contribution >= 0.6 is 34.8 Å². The van der Waals surface area contributed by atoms with E-state index in [-0.39, 0.29) is 33.9 Å². The molecule has 1 amide bonds. The van der Waals surface area contributed by atoms with Gasteiger partial charge in [-0.15, -0.1) is 0 Å². The van der Waals surface area contributed by atoms with Crippen molar-refractivity contribution in [2.45, 2.75) is 17.7 Å². The first-order chi connectivity index (χ1) is 13.7. The number of rotatable bonds is 5. The highest BCUT2D eigenvalue weighted by atomic mass is 35.5. The van der Waals surface area contributed by atoms with E-state index in [2.05, 4.69) is 10.9 Å². The molecule has 0 spiro atoms. The highest BCUT2D eigenvalue weighted by Gasteiger charge is 2.33. The molecule has 1 fully saturated rings. The van der Waals surface area contributed by atoms with E-state index in [9.17, 15) is 17.6 Å². The summed E-state index contributed by atoms with van der Waals surface area (Å²) in [5, 5.41) is 0.850. The van der Waals surface area contributed by atoms with Crippen LogP contribution in [-0.4, -0.2) is 31.7 Å². The number of sulfonamides is 1. The summed E-state index contributed by atoms with van der Waals surface area (Å²) in [4.78, 5) is 12.1. The van der Waals surface area contributed by atoms with E-state index in [1.54, 1.807) is 0 Å². The summed E-state index contributed by atoms with van der Waals surface area (Å²) < 4.78 is 40.3. The van der Waals surface area contributed by atoms with Crippen molar-refractivity contribution in [1.29, 1.82) is 0 Å². The summed E-state index contributed by atoms with van der Waals surface area (Å²) >= 11 is 18.0. The van der Waals surface area contributed by atoms with Crippen LogP contribution in [0.3, 0.4) is 0 Å². The van der Waals surface area contributed by atoms with Gasteiger partial charge in [0.05, 0.1) is 15.7 Å². The predicted octanol–water partition coefficient (Wildman–Crippen LogP) is 4.33. The van der Waals surface area contributed by atoms with Gasteiger partial charge in [-0.2, -0.15) is 4.31 Å². The smallest absolute Gasteiger partial charge is 0.245 e. The number of halogens is 4. The Balaban J connectivity index is 1.59. The Morgan fingerprint density at radius 2 is 1.66 bits per heavy atom. The molecule has 3 rings (SSSR count). The lowest BCUT2D eigenvalue weighted by Crippen LogP contribution is -2.44. The lowest BCUT2D eigenvalue weighted by molar-refractivity contribution is -0.125. The van der Waals surface area contributed by atoms with Crippen LogP contribution in [0.2, 0.25) is 15.1 Å². The van der Waals surface area contributed by atoms with E-state index in [4.69, 9.17) is 34.8 Å². The molecule has 0 radical (unpaired) electrons. The molecule has 1 aliphatic rings. The Morgan fingerprint density at radius 3 is 2.24 bits per heavy atom. The number of nitrogens with zero attached hydrogens (tertiary/aromatic N) is 1. The van der Waals surface area contributed by atoms with Crippen LogP contribution in [0.1, 0.15) is 12.8 Å². The first-order valence-electron chi connectivity index (χ1n) is 8.65. The van der Waals surface area contributed by atoms with Gasteiger partial charge in [0.2, 0.25) is 15.9 Å². The van der Waals surface area contributed by atoms with E-state index >= 15 is 0 Å². The Labute approximate surface area is 182 Å². The third-order valence-electron chi connectivity index (χ3n) is 4.60. The highest BCUT2D eigenvalue weighted by molar-refractivity contribution is 7.89. The SMILES string of the molecule is O=C(NNc1c(Cl)cc(Cl)cc1Cl)C1CCN(S(=O)(=O)c2ccccc2F)CC1. The monoisotopic (exact) mass is 479 g/mol. The fourth-order valence-electron chi connectivity index (χ4n) is 3.04. The van der Waals surface area contributed by atoms with E-state index in [1.165, 1.54) is 34.6 Å². The molecule has 2 aromatic rings. The van der Waals surface area contributed by atoms with Gasteiger partial charge < -0.3 is 0 Å². The fourth-order valence-corrected chi connectivity index (χ4v) is 5.49. The Hall–Kier alpha value is -1.58. The largest absolute Gasteiger partial charge is 0.296 e. The maximum Gasteiger partial charge on any atom is 0.245 e. The van der Waals surface area contributed by atoms with Crippen LogP contribution in [0.4, 0.5) is 10.1 Å². The van der Waals surface area contributed by atoms with E-state index in [0.29, 0.717) is 23.6 Å². The Bertz CT molecular complexity index is 1010. The number of anilines is 1. The first-order valence-corrected chi connectivity index (χ1v) is 11.2. The lowest BCUT2D eigenvalue weighted by atomic mass is 9.98. The minimum absolute atomic E-state index is 0.108. The molecule has 6 nitrogen and oxygen atoms in total. The maximum absolute atomic E-state index is 13.9. The Kier molecular flexibility index (Phi) is 6.90. The van der Waals surface area contributed by atoms with Crippen LogP contribution in [0.5, 0.6) is 0 Å². The van der Waals surface area contributed by atoms with E-state index < -0.39 is 21.8 Å². The molecule has 1 heterocycles. The Morgan fingerprint density at radius 1 is 1.07 bits per heavy atom. The summed E-state index contributed by atoms with van der Waals surface area (Å²) in [7, 11) is -3.95. The van der Waals surface area contributed by atoms with Crippen molar-refractivity contribution in [3.8, 4) is 0 Å². The summed E-state index contributed by atoms with van der Waals surface area (Å²) in [5.74, 6) is -1.54. The highest BCUT2D eigenvalue weighted by Crippen LogP contribution is 2.33. The number of nitrogens with one attached hydrogen (secondary N) is 2. The van der Waals surface area contributed by atoms with Crippen molar-refractivity contribution < 1.29 is 17.6 Å². The van der Waals surface area contributed by atoms with Crippen molar-refractivity contribution in [2.75, 3.05) is 18.5 Å². The average molecular weight is 481 g/mol. The third kappa shape index (κ3) is 4.95. The molecule has 0 unspecified atom stereocenters. The number of hydrazine groups is 1. The summed E-state index contributed by atoms with van der Waals surface area (Å²) in [5.41, 5.74) is 5.52. The molecule has 1 saturated heterocycles. The van der Waals surface area contributed by atoms with Crippen molar-refractivity contribution >= 4 is 56.4 Å². The second-order valence-corrected chi connectivity index (χ2v) is 9.62. The van der Waals surface area contributed by atoms with Crippen LogP contribution in [-0.2, 0) is 14.8 Å². The number of hydrogen-bond donors (Lipinski definition) is 2. The van der Waals surface area contributed by atoms with Gasteiger partial charge in [-0.25, -0.2) is 12.8 Å². The molecule has 11 heteroatoms. The molecule has 1 aliphatic heterocycles. The van der Waals surface area contributed by atoms with Gasteiger partial charge in [-0.05, 0) is 37.1 Å². The molecule has 29 heavy (non-hydrogen) atoms. The zero-order chi connectivity index (χ0) is 21.2. The van der Waals surface area contributed by atoms with Gasteiger partial charge in [0.25, 0.3) is 0 Å². The third-order valence-corrected chi connectivity index (χ3v) is 7.34. The number of amides is 1. The molecule has 2 aromatic carbocycles. The molecular weight excluding hydrogens is 464 g/mol. The molecule has 156 valence electrons. The quantitative estimate of drug-likeness (QED) is 0.625. The molecule has 0 saturated carbocycles. The van der Waals surface area contributed by atoms with E-state index in [0.717, 1.165) is 6.07 Å². The van der Waals surface area contributed by atoms with Crippen LogP contribution in [0, 0.1) is 11.7 Å². The molecule has 0 atom stereocenters. The number of carbonyl (C=O) groups excluding carboxylic acids is 1. The van der Waals surface area contributed by atoms with Crippen LogP contribution < -0.4 is 10.9 Å². The summed E-state index contributed by atoms with van der Waals surface area (Å²) in [6, 6.07) is 8.19. The second kappa shape index (κ2) is 9.06. The molecule has 0 bridgehead atoms. The number of piperidine rings is 1. The first kappa shape index (κ1) is 22.1. The molecule has 2 N–H and O–H groups in total. The average Bonchev–Trinajstić information content (AvgIpc) is 2.67. The number of hydrogen-bond acceptors (Lipinski definition) is 4. The predicted molar refractivity (Wildman–Crippen MR) is 111 cm³/mol. The van der Waals surface area contributed by atoms with Gasteiger partial charge in [-0.1, -0.05) is 46.9 Å². The lowest BCUT2D eigenvalue weighted by Gasteiger charge is -2.30. The minimum atomic E-state index is -3.95. The van der Waals surface area contributed by atoms with E-state index in [1.807, 2.05) is 0 Å². The van der Waals surface area contributed by atoms with Crippen molar-refractivity contribution in [2.24, 2.45) is 5.92 Å². The normalized spacial score (nSPS) is 15.9. The van der Waals surface area contributed by atoms with Crippen molar-refractivity contribution in [1.82, 2.24) is 9.73 Å². The van der Waals surface area contributed by atoms with Crippen molar-refractivity contribution in [3.63, 3.8) is 0 Å². The topological polar surface area (TPSA) is 78.5 Å². The standard InChI is InChI=1S/C18H17Cl3FN3O3S/c19-12-9-13(20)17(14(21)10-12)23-24-18(26)11-5-7-25(8-6-11)29(27,28)16-4-2-1-3-15(16)22/h1-4,9-11,23H,5-8H2,(H,24,26). The minimum Gasteiger partial charge on any atom is -0.296 e. The molecule has 0 aromatic heterocycles. The van der Waals surface area contributed by atoms with Crippen LogP contribution in [0.25, 0.3) is 0 Å². The maximum atomic E-state index is 13.9. The van der Waals surface area contributed by atoms with Gasteiger partial charge >= 0.3 is 0 Å². The van der Waals surface area contributed by atoms with Gasteiger partial charge in [-0.3, -0.25) is 15.6 Å². The van der Waals surface area contributed by atoms with Crippen LogP contribution in [0.15, 0.2) is 41.3 Å². The van der Waals surface area contributed by atoms with Gasteiger partial charge in [0.1, 0.15) is 10.7 Å². The number of carbonyl (C=O) groups is 1. The summed E-state index contributed by atoms with van der Waals surface area (Å²) in [6.45, 7) is 0.217. The molecule has 0 aliphatic carbocycles. The van der Waals surface area contributed by atoms with Gasteiger partial charge in [0, 0.05) is 24.0 Å².